The molecule has 1 fully saturated rings. The summed E-state index contributed by atoms with van der Waals surface area (Å²) in [4.78, 5) is 50.1. The maximum atomic E-state index is 14.2. The largest absolute Gasteiger partial charge is 0.419 e. The third-order valence-corrected chi connectivity index (χ3v) is 7.90. The number of ketones is 1. The Labute approximate surface area is 246 Å². The molecule has 9 nitrogen and oxygen atoms in total. The highest BCUT2D eigenvalue weighted by atomic mass is 19.4. The van der Waals surface area contributed by atoms with Crippen molar-refractivity contribution in [2.24, 2.45) is 0 Å². The number of carbonyl (C=O) groups excluding carboxylic acids is 3. The third kappa shape index (κ3) is 5.14. The minimum absolute atomic E-state index is 0.0236. The van der Waals surface area contributed by atoms with Gasteiger partial charge in [-0.3, -0.25) is 29.7 Å². The molecule has 0 spiro atoms. The molecule has 1 atom stereocenters. The number of alkyl halides is 3. The Morgan fingerprint density at radius 2 is 1.70 bits per heavy atom. The highest BCUT2D eigenvalue weighted by Crippen LogP contribution is 2.41. The van der Waals surface area contributed by atoms with Gasteiger partial charge in [-0.15, -0.1) is 0 Å². The van der Waals surface area contributed by atoms with E-state index in [9.17, 15) is 36.3 Å². The van der Waals surface area contributed by atoms with Crippen molar-refractivity contribution in [2.45, 2.75) is 37.5 Å². The Hall–Kier alpha value is -4.85. The van der Waals surface area contributed by atoms with Crippen molar-refractivity contribution in [3.8, 4) is 0 Å². The van der Waals surface area contributed by atoms with Crippen molar-refractivity contribution in [3.63, 3.8) is 0 Å². The van der Waals surface area contributed by atoms with Gasteiger partial charge in [-0.2, -0.15) is 23.0 Å². The van der Waals surface area contributed by atoms with E-state index in [2.05, 4.69) is 20.4 Å². The molecule has 2 aliphatic heterocycles. The fourth-order valence-electron chi connectivity index (χ4n) is 5.80. The third-order valence-electron chi connectivity index (χ3n) is 7.90. The number of piperidine rings is 1. The smallest absolute Gasteiger partial charge is 0.337 e. The van der Waals surface area contributed by atoms with E-state index in [4.69, 9.17) is 0 Å². The number of carbonyl (C=O) groups is 3. The van der Waals surface area contributed by atoms with Gasteiger partial charge in [0.2, 0.25) is 0 Å². The number of pyridine rings is 2. The summed E-state index contributed by atoms with van der Waals surface area (Å²) < 4.78 is 70.0. The van der Waals surface area contributed by atoms with Crippen LogP contribution >= 0.6 is 0 Å². The zero-order valence-corrected chi connectivity index (χ0v) is 22.8. The van der Waals surface area contributed by atoms with Crippen LogP contribution in [-0.2, 0) is 12.7 Å². The second kappa shape index (κ2) is 11.3. The first-order chi connectivity index (χ1) is 21.1. The molecule has 0 aliphatic carbocycles. The highest BCUT2D eigenvalue weighted by molar-refractivity contribution is 6.05. The average molecular weight is 611 g/mol. The lowest BCUT2D eigenvalue weighted by atomic mass is 9.85. The van der Waals surface area contributed by atoms with Crippen molar-refractivity contribution in [1.82, 2.24) is 30.0 Å². The predicted molar refractivity (Wildman–Crippen MR) is 144 cm³/mol. The maximum absolute atomic E-state index is 14.2. The standard InChI is InChI=1S/C30H23F5N6O3/c31-19-7-6-18(23(24(19)32)30(33,34)35)16-8-12-40(13-9-16)29(44)26-22-21(41(39-26)28(43)20-5-1-2-11-37-20)15-38-25(22)27(42)17-4-3-10-36-14-17/h1-7,10-11,14,16,25,38H,8-9,12-13,15H2. The summed E-state index contributed by atoms with van der Waals surface area (Å²) in [5.41, 5.74) is -1.32. The average Bonchev–Trinajstić information content (AvgIpc) is 3.63. The molecule has 1 N–H and O–H groups in total. The number of fused-ring (bicyclic) bond motifs is 1. The van der Waals surface area contributed by atoms with Crippen LogP contribution in [0.15, 0.2) is 61.1 Å². The molecule has 1 aromatic carbocycles. The summed E-state index contributed by atoms with van der Waals surface area (Å²) in [6, 6.07) is 8.46. The van der Waals surface area contributed by atoms with Crippen molar-refractivity contribution < 1.29 is 36.3 Å². The van der Waals surface area contributed by atoms with Gasteiger partial charge in [-0.05, 0) is 54.7 Å². The predicted octanol–water partition coefficient (Wildman–Crippen LogP) is 4.71. The molecular formula is C30H23F5N6O3. The van der Waals surface area contributed by atoms with Gasteiger partial charge in [-0.1, -0.05) is 12.1 Å². The van der Waals surface area contributed by atoms with Crippen LogP contribution in [0.25, 0.3) is 0 Å². The van der Waals surface area contributed by atoms with Crippen molar-refractivity contribution >= 4 is 17.6 Å². The first kappa shape index (κ1) is 29.2. The normalized spacial score (nSPS) is 17.0. The Morgan fingerprint density at radius 1 is 0.932 bits per heavy atom. The SMILES string of the molecule is O=C(c1cccnc1)C1NCc2c1c(C(=O)N1CCC(c3ccc(F)c(F)c3C(F)(F)F)CC1)nn2C(=O)c1ccccn1. The molecular weight excluding hydrogens is 587 g/mol. The molecule has 226 valence electrons. The van der Waals surface area contributed by atoms with E-state index in [1.165, 1.54) is 29.6 Å². The lowest BCUT2D eigenvalue weighted by Gasteiger charge is -2.33. The summed E-state index contributed by atoms with van der Waals surface area (Å²) in [7, 11) is 0. The van der Waals surface area contributed by atoms with E-state index in [1.807, 2.05) is 0 Å². The van der Waals surface area contributed by atoms with Crippen LogP contribution in [0.4, 0.5) is 22.0 Å². The van der Waals surface area contributed by atoms with Crippen LogP contribution in [0.1, 0.15) is 78.5 Å². The van der Waals surface area contributed by atoms with Crippen LogP contribution in [0, 0.1) is 11.6 Å². The fourth-order valence-corrected chi connectivity index (χ4v) is 5.80. The number of likely N-dealkylation sites (tertiary alicyclic amines) is 1. The molecule has 4 aromatic rings. The quantitative estimate of drug-likeness (QED) is 0.258. The minimum Gasteiger partial charge on any atom is -0.337 e. The summed E-state index contributed by atoms with van der Waals surface area (Å²) in [6.45, 7) is -0.00218. The number of hydrogen-bond donors (Lipinski definition) is 1. The molecule has 0 saturated carbocycles. The summed E-state index contributed by atoms with van der Waals surface area (Å²) >= 11 is 0. The van der Waals surface area contributed by atoms with E-state index >= 15 is 0 Å². The number of benzene rings is 1. The molecule has 14 heteroatoms. The lowest BCUT2D eigenvalue weighted by molar-refractivity contribution is -0.141. The van der Waals surface area contributed by atoms with E-state index < -0.39 is 52.9 Å². The molecule has 6 rings (SSSR count). The van der Waals surface area contributed by atoms with Crippen molar-refractivity contribution in [2.75, 3.05) is 13.1 Å². The lowest BCUT2D eigenvalue weighted by Crippen LogP contribution is -2.39. The zero-order chi connectivity index (χ0) is 31.2. The molecule has 1 unspecified atom stereocenters. The number of hydrogen-bond acceptors (Lipinski definition) is 7. The van der Waals surface area contributed by atoms with Crippen LogP contribution in [-0.4, -0.2) is 55.3 Å². The van der Waals surface area contributed by atoms with Gasteiger partial charge >= 0.3 is 6.18 Å². The summed E-state index contributed by atoms with van der Waals surface area (Å²) in [6.07, 6.45) is -0.726. The first-order valence-corrected chi connectivity index (χ1v) is 13.7. The van der Waals surface area contributed by atoms with Crippen LogP contribution in [0.3, 0.4) is 0 Å². The van der Waals surface area contributed by atoms with Gasteiger partial charge < -0.3 is 4.90 Å². The van der Waals surface area contributed by atoms with Gasteiger partial charge in [0.1, 0.15) is 11.7 Å². The number of halogens is 5. The molecule has 0 bridgehead atoms. The monoisotopic (exact) mass is 610 g/mol. The van der Waals surface area contributed by atoms with Crippen LogP contribution < -0.4 is 5.32 Å². The molecule has 1 amide bonds. The van der Waals surface area contributed by atoms with Crippen LogP contribution in [0.2, 0.25) is 0 Å². The van der Waals surface area contributed by atoms with Gasteiger partial charge in [0.15, 0.2) is 23.1 Å². The number of rotatable bonds is 5. The van der Waals surface area contributed by atoms with Gasteiger partial charge in [0.05, 0.1) is 11.3 Å². The van der Waals surface area contributed by atoms with Gasteiger partial charge in [0.25, 0.3) is 11.8 Å². The van der Waals surface area contributed by atoms with Crippen molar-refractivity contribution in [1.29, 1.82) is 0 Å². The number of aromatic nitrogens is 4. The second-order valence-electron chi connectivity index (χ2n) is 10.5. The maximum Gasteiger partial charge on any atom is 0.419 e. The van der Waals surface area contributed by atoms with E-state index in [-0.39, 0.29) is 60.6 Å². The highest BCUT2D eigenvalue weighted by Gasteiger charge is 2.43. The van der Waals surface area contributed by atoms with E-state index in [0.717, 1.165) is 10.7 Å². The van der Waals surface area contributed by atoms with Gasteiger partial charge in [0, 0.05) is 49.4 Å². The van der Waals surface area contributed by atoms with Gasteiger partial charge in [-0.25, -0.2) is 8.78 Å². The van der Waals surface area contributed by atoms with E-state index in [1.54, 1.807) is 24.3 Å². The molecule has 1 saturated heterocycles. The number of nitrogens with zero attached hydrogens (tertiary/aromatic N) is 5. The Kier molecular flexibility index (Phi) is 7.53. The Balaban J connectivity index is 1.32. The molecule has 0 radical (unpaired) electrons. The number of amides is 1. The fraction of sp³-hybridized carbons (Fsp3) is 0.267. The molecule has 5 heterocycles. The summed E-state index contributed by atoms with van der Waals surface area (Å²) in [5.74, 6) is -5.98. The van der Waals surface area contributed by atoms with E-state index in [0.29, 0.717) is 11.8 Å². The Bertz CT molecular complexity index is 1750. The number of Topliss-reactive ketones (excluding diaryl/α,β-unsaturated/α-hetero) is 1. The molecule has 3 aromatic heterocycles. The number of nitrogens with one attached hydrogen (secondary N) is 1. The molecule has 2 aliphatic rings. The molecule has 44 heavy (non-hydrogen) atoms. The Morgan fingerprint density at radius 3 is 2.36 bits per heavy atom. The minimum atomic E-state index is -5.11. The topological polar surface area (TPSA) is 110 Å². The zero-order valence-electron chi connectivity index (χ0n) is 22.8. The van der Waals surface area contributed by atoms with Crippen molar-refractivity contribution in [3.05, 3.63) is 112 Å². The summed E-state index contributed by atoms with van der Waals surface area (Å²) in [5, 5.41) is 7.39. The van der Waals surface area contributed by atoms with Crippen LogP contribution in [0.5, 0.6) is 0 Å². The first-order valence-electron chi connectivity index (χ1n) is 13.7. The second-order valence-corrected chi connectivity index (χ2v) is 10.5.